The second-order valence-corrected chi connectivity index (χ2v) is 4.28. The van der Waals surface area contributed by atoms with Gasteiger partial charge < -0.3 is 4.74 Å². The Balaban J connectivity index is 2.14. The standard InChI is InChI=1S/C17H12FNO2/c1-21-17-9-5-12(10-15(17)18)4-8-16(20)14-6-2-13(11-19)3-7-14/h2-10H,1H3/b8-4+. The van der Waals surface area contributed by atoms with E-state index < -0.39 is 5.82 Å². The van der Waals surface area contributed by atoms with Gasteiger partial charge in [-0.05, 0) is 48.0 Å². The van der Waals surface area contributed by atoms with Gasteiger partial charge in [0.2, 0.25) is 0 Å². The van der Waals surface area contributed by atoms with Gasteiger partial charge in [0.1, 0.15) is 0 Å². The maximum Gasteiger partial charge on any atom is 0.185 e. The van der Waals surface area contributed by atoms with Gasteiger partial charge in [-0.25, -0.2) is 4.39 Å². The lowest BCUT2D eigenvalue weighted by Gasteiger charge is -2.01. The highest BCUT2D eigenvalue weighted by molar-refractivity contribution is 6.06. The van der Waals surface area contributed by atoms with Crippen molar-refractivity contribution < 1.29 is 13.9 Å². The molecule has 0 aliphatic heterocycles. The highest BCUT2D eigenvalue weighted by Gasteiger charge is 2.04. The van der Waals surface area contributed by atoms with Crippen LogP contribution < -0.4 is 4.74 Å². The number of carbonyl (C=O) groups excluding carboxylic acids is 1. The highest BCUT2D eigenvalue weighted by atomic mass is 19.1. The number of ketones is 1. The number of hydrogen-bond acceptors (Lipinski definition) is 3. The summed E-state index contributed by atoms with van der Waals surface area (Å²) >= 11 is 0. The van der Waals surface area contributed by atoms with Gasteiger partial charge in [-0.1, -0.05) is 12.1 Å². The summed E-state index contributed by atoms with van der Waals surface area (Å²) in [4.78, 5) is 11.9. The predicted octanol–water partition coefficient (Wildman–Crippen LogP) is 3.60. The number of rotatable bonds is 4. The Labute approximate surface area is 121 Å². The van der Waals surface area contributed by atoms with Crippen LogP contribution in [0.2, 0.25) is 0 Å². The van der Waals surface area contributed by atoms with Crippen LogP contribution in [-0.2, 0) is 0 Å². The highest BCUT2D eigenvalue weighted by Crippen LogP contribution is 2.18. The first-order valence-corrected chi connectivity index (χ1v) is 6.20. The third-order valence-electron chi connectivity index (χ3n) is 2.90. The first kappa shape index (κ1) is 14.5. The zero-order chi connectivity index (χ0) is 15.2. The molecule has 2 aromatic rings. The van der Waals surface area contributed by atoms with E-state index in [-0.39, 0.29) is 11.5 Å². The normalized spacial score (nSPS) is 10.3. The summed E-state index contributed by atoms with van der Waals surface area (Å²) in [7, 11) is 1.39. The number of nitriles is 1. The molecule has 2 rings (SSSR count). The van der Waals surface area contributed by atoms with Crippen molar-refractivity contribution >= 4 is 11.9 Å². The van der Waals surface area contributed by atoms with Gasteiger partial charge in [0.25, 0.3) is 0 Å². The quantitative estimate of drug-likeness (QED) is 0.635. The van der Waals surface area contributed by atoms with E-state index in [9.17, 15) is 9.18 Å². The monoisotopic (exact) mass is 281 g/mol. The minimum Gasteiger partial charge on any atom is -0.494 e. The molecular formula is C17H12FNO2. The van der Waals surface area contributed by atoms with E-state index in [4.69, 9.17) is 10.00 Å². The largest absolute Gasteiger partial charge is 0.494 e. The van der Waals surface area contributed by atoms with Gasteiger partial charge in [0.05, 0.1) is 18.7 Å². The van der Waals surface area contributed by atoms with Crippen molar-refractivity contribution in [1.82, 2.24) is 0 Å². The van der Waals surface area contributed by atoms with Crippen molar-refractivity contribution in [3.63, 3.8) is 0 Å². The van der Waals surface area contributed by atoms with Crippen molar-refractivity contribution in [3.8, 4) is 11.8 Å². The van der Waals surface area contributed by atoms with E-state index >= 15 is 0 Å². The minimum atomic E-state index is -0.481. The molecule has 0 aliphatic rings. The summed E-state index contributed by atoms with van der Waals surface area (Å²) < 4.78 is 18.3. The Morgan fingerprint density at radius 1 is 1.24 bits per heavy atom. The summed E-state index contributed by atoms with van der Waals surface area (Å²) in [5.74, 6) is -0.535. The molecule has 0 spiro atoms. The van der Waals surface area contributed by atoms with Gasteiger partial charge in [0, 0.05) is 5.56 Å². The number of allylic oxidation sites excluding steroid dienone is 1. The van der Waals surface area contributed by atoms with Crippen LogP contribution >= 0.6 is 0 Å². The number of carbonyl (C=O) groups is 1. The van der Waals surface area contributed by atoms with Crippen molar-refractivity contribution in [2.45, 2.75) is 0 Å². The van der Waals surface area contributed by atoms with E-state index in [1.54, 1.807) is 30.3 Å². The molecule has 0 bridgehead atoms. The van der Waals surface area contributed by atoms with Crippen LogP contribution in [0, 0.1) is 17.1 Å². The summed E-state index contributed by atoms with van der Waals surface area (Å²) in [6.07, 6.45) is 2.89. The van der Waals surface area contributed by atoms with E-state index in [1.165, 1.54) is 31.4 Å². The van der Waals surface area contributed by atoms with Gasteiger partial charge in [-0.2, -0.15) is 5.26 Å². The molecule has 104 valence electrons. The van der Waals surface area contributed by atoms with Gasteiger partial charge in [-0.3, -0.25) is 4.79 Å². The van der Waals surface area contributed by atoms with Crippen molar-refractivity contribution in [2.75, 3.05) is 7.11 Å². The lowest BCUT2D eigenvalue weighted by molar-refractivity contribution is 0.104. The van der Waals surface area contributed by atoms with Crippen molar-refractivity contribution in [3.05, 3.63) is 71.0 Å². The molecule has 4 heteroatoms. The Kier molecular flexibility index (Phi) is 4.47. The average Bonchev–Trinajstić information content (AvgIpc) is 2.52. The van der Waals surface area contributed by atoms with Gasteiger partial charge in [-0.15, -0.1) is 0 Å². The smallest absolute Gasteiger partial charge is 0.185 e. The fourth-order valence-electron chi connectivity index (χ4n) is 1.76. The van der Waals surface area contributed by atoms with Crippen LogP contribution in [0.15, 0.2) is 48.5 Å². The van der Waals surface area contributed by atoms with E-state index in [0.717, 1.165) is 0 Å². The number of ether oxygens (including phenoxy) is 1. The molecule has 0 aromatic heterocycles. The summed E-state index contributed by atoms with van der Waals surface area (Å²) in [6, 6.07) is 12.8. The number of halogens is 1. The number of methoxy groups -OCH3 is 1. The van der Waals surface area contributed by atoms with Crippen LogP contribution in [0.5, 0.6) is 5.75 Å². The third kappa shape index (κ3) is 3.54. The molecule has 0 N–H and O–H groups in total. The molecule has 0 radical (unpaired) electrons. The Bertz CT molecular complexity index is 727. The minimum absolute atomic E-state index is 0.158. The first-order chi connectivity index (χ1) is 10.1. The summed E-state index contributed by atoms with van der Waals surface area (Å²) in [5, 5.41) is 8.69. The Morgan fingerprint density at radius 3 is 2.52 bits per heavy atom. The SMILES string of the molecule is COc1ccc(/C=C/C(=O)c2ccc(C#N)cc2)cc1F. The van der Waals surface area contributed by atoms with Crippen LogP contribution in [0.1, 0.15) is 21.5 Å². The van der Waals surface area contributed by atoms with Crippen LogP contribution in [-0.4, -0.2) is 12.9 Å². The average molecular weight is 281 g/mol. The fourth-order valence-corrected chi connectivity index (χ4v) is 1.76. The molecule has 0 saturated heterocycles. The summed E-state index contributed by atoms with van der Waals surface area (Å²) in [6.45, 7) is 0. The maximum absolute atomic E-state index is 13.5. The second kappa shape index (κ2) is 6.49. The van der Waals surface area contributed by atoms with Crippen LogP contribution in [0.3, 0.4) is 0 Å². The van der Waals surface area contributed by atoms with E-state index in [1.807, 2.05) is 6.07 Å². The van der Waals surface area contributed by atoms with Crippen LogP contribution in [0.25, 0.3) is 6.08 Å². The topological polar surface area (TPSA) is 50.1 Å². The second-order valence-electron chi connectivity index (χ2n) is 4.28. The lowest BCUT2D eigenvalue weighted by Crippen LogP contribution is -1.94. The molecule has 21 heavy (non-hydrogen) atoms. The number of hydrogen-bond donors (Lipinski definition) is 0. The molecule has 0 atom stereocenters. The van der Waals surface area contributed by atoms with Gasteiger partial charge >= 0.3 is 0 Å². The molecule has 0 unspecified atom stereocenters. The molecular weight excluding hydrogens is 269 g/mol. The first-order valence-electron chi connectivity index (χ1n) is 6.20. The molecule has 2 aromatic carbocycles. The number of nitrogens with zero attached hydrogens (tertiary/aromatic N) is 1. The molecule has 3 nitrogen and oxygen atoms in total. The maximum atomic E-state index is 13.5. The molecule has 0 fully saturated rings. The lowest BCUT2D eigenvalue weighted by atomic mass is 10.1. The Morgan fingerprint density at radius 2 is 1.95 bits per heavy atom. The molecule has 0 amide bonds. The zero-order valence-corrected chi connectivity index (χ0v) is 11.3. The third-order valence-corrected chi connectivity index (χ3v) is 2.90. The zero-order valence-electron chi connectivity index (χ0n) is 11.3. The van der Waals surface area contributed by atoms with E-state index in [2.05, 4.69) is 0 Å². The van der Waals surface area contributed by atoms with Gasteiger partial charge in [0.15, 0.2) is 17.3 Å². The molecule has 0 aliphatic carbocycles. The number of benzene rings is 2. The predicted molar refractivity (Wildman–Crippen MR) is 77.5 cm³/mol. The molecule has 0 heterocycles. The van der Waals surface area contributed by atoms with E-state index in [0.29, 0.717) is 16.7 Å². The fraction of sp³-hybridized carbons (Fsp3) is 0.0588. The molecule has 0 saturated carbocycles. The van der Waals surface area contributed by atoms with Crippen molar-refractivity contribution in [2.24, 2.45) is 0 Å². The summed E-state index contributed by atoms with van der Waals surface area (Å²) in [5.41, 5.74) is 1.53. The van der Waals surface area contributed by atoms with Crippen LogP contribution in [0.4, 0.5) is 4.39 Å². The Hall–Kier alpha value is -2.93. The van der Waals surface area contributed by atoms with Crippen molar-refractivity contribution in [1.29, 1.82) is 5.26 Å².